The molecule has 0 saturated carbocycles. The number of fused-ring (bicyclic) bond motifs is 1. The molecule has 1 atom stereocenters. The fourth-order valence-corrected chi connectivity index (χ4v) is 4.96. The van der Waals surface area contributed by atoms with E-state index in [4.69, 9.17) is 0 Å². The van der Waals surface area contributed by atoms with Crippen LogP contribution in [-0.2, 0) is 30.4 Å². The van der Waals surface area contributed by atoms with Gasteiger partial charge in [0.15, 0.2) is 5.69 Å². The Bertz CT molecular complexity index is 797. The summed E-state index contributed by atoms with van der Waals surface area (Å²) in [4.78, 5) is 15.8. The van der Waals surface area contributed by atoms with Crippen molar-refractivity contribution >= 4 is 17.2 Å². The zero-order valence-corrected chi connectivity index (χ0v) is 15.1. The lowest BCUT2D eigenvalue weighted by Gasteiger charge is -2.24. The minimum atomic E-state index is -4.47. The van der Waals surface area contributed by atoms with Gasteiger partial charge in [-0.3, -0.25) is 9.48 Å². The third-order valence-electron chi connectivity index (χ3n) is 5.26. The maximum atomic E-state index is 13.3. The highest BCUT2D eigenvalue weighted by Crippen LogP contribution is 2.37. The number of carbonyl (C=O) groups is 1. The number of carbonyl (C=O) groups excluding carboxylic acids is 1. The predicted octanol–water partition coefficient (Wildman–Crippen LogP) is 4.21. The largest absolute Gasteiger partial charge is 0.435 e. The first kappa shape index (κ1) is 17.6. The van der Waals surface area contributed by atoms with Crippen LogP contribution in [0.15, 0.2) is 17.5 Å². The van der Waals surface area contributed by atoms with Gasteiger partial charge < -0.3 is 4.90 Å². The van der Waals surface area contributed by atoms with Crippen molar-refractivity contribution in [2.24, 2.45) is 0 Å². The Morgan fingerprint density at radius 1 is 1.27 bits per heavy atom. The summed E-state index contributed by atoms with van der Waals surface area (Å²) >= 11 is 1.61. The first-order chi connectivity index (χ1) is 12.4. The van der Waals surface area contributed by atoms with Crippen LogP contribution in [0, 0.1) is 0 Å². The second-order valence-electron chi connectivity index (χ2n) is 6.90. The van der Waals surface area contributed by atoms with Gasteiger partial charge in [0.1, 0.15) is 6.54 Å². The van der Waals surface area contributed by atoms with E-state index in [9.17, 15) is 18.0 Å². The minimum Gasteiger partial charge on any atom is -0.333 e. The van der Waals surface area contributed by atoms with E-state index in [0.717, 1.165) is 30.6 Å². The molecule has 1 amide bonds. The third kappa shape index (κ3) is 3.15. The monoisotopic (exact) mass is 383 g/mol. The van der Waals surface area contributed by atoms with Crippen molar-refractivity contribution in [3.8, 4) is 0 Å². The summed E-state index contributed by atoms with van der Waals surface area (Å²) in [5.74, 6) is -0.148. The van der Waals surface area contributed by atoms with Crippen LogP contribution in [0.5, 0.6) is 0 Å². The van der Waals surface area contributed by atoms with Gasteiger partial charge in [0.05, 0.1) is 6.04 Å². The number of aromatic nitrogens is 2. The fourth-order valence-electron chi connectivity index (χ4n) is 4.09. The van der Waals surface area contributed by atoms with E-state index in [1.165, 1.54) is 4.68 Å². The van der Waals surface area contributed by atoms with Crippen molar-refractivity contribution in [3.05, 3.63) is 39.3 Å². The molecule has 0 aromatic carbocycles. The molecule has 4 nitrogen and oxygen atoms in total. The molecular formula is C18H20F3N3OS. The minimum absolute atomic E-state index is 0.0379. The smallest absolute Gasteiger partial charge is 0.333 e. The zero-order valence-electron chi connectivity index (χ0n) is 14.3. The van der Waals surface area contributed by atoms with Crippen LogP contribution in [0.2, 0.25) is 0 Å². The summed E-state index contributed by atoms with van der Waals surface area (Å²) in [6.45, 7) is 0.539. The van der Waals surface area contributed by atoms with Crippen molar-refractivity contribution in [1.82, 2.24) is 14.7 Å². The van der Waals surface area contributed by atoms with Crippen molar-refractivity contribution in [2.45, 2.75) is 57.3 Å². The Balaban J connectivity index is 1.59. The third-order valence-corrected chi connectivity index (χ3v) is 6.23. The van der Waals surface area contributed by atoms with E-state index in [2.05, 4.69) is 5.10 Å². The summed E-state index contributed by atoms with van der Waals surface area (Å²) in [6.07, 6.45) is -0.132. The molecule has 26 heavy (non-hydrogen) atoms. The molecule has 140 valence electrons. The topological polar surface area (TPSA) is 38.1 Å². The first-order valence-electron chi connectivity index (χ1n) is 8.94. The van der Waals surface area contributed by atoms with Crippen LogP contribution in [-0.4, -0.2) is 27.1 Å². The predicted molar refractivity (Wildman–Crippen MR) is 91.9 cm³/mol. The molecule has 0 bridgehead atoms. The molecule has 1 fully saturated rings. The lowest BCUT2D eigenvalue weighted by atomic mass is 9.95. The summed E-state index contributed by atoms with van der Waals surface area (Å²) in [5, 5.41) is 5.79. The van der Waals surface area contributed by atoms with Crippen LogP contribution < -0.4 is 0 Å². The van der Waals surface area contributed by atoms with E-state index >= 15 is 0 Å². The summed E-state index contributed by atoms with van der Waals surface area (Å²) in [6, 6.07) is 4.01. The number of alkyl halides is 3. The lowest BCUT2D eigenvalue weighted by Crippen LogP contribution is -2.34. The van der Waals surface area contributed by atoms with Gasteiger partial charge in [0, 0.05) is 22.7 Å². The molecule has 2 aliphatic rings. The van der Waals surface area contributed by atoms with E-state index < -0.39 is 11.9 Å². The van der Waals surface area contributed by atoms with Crippen LogP contribution in [0.25, 0.3) is 0 Å². The average Bonchev–Trinajstić information content (AvgIpc) is 3.33. The Morgan fingerprint density at radius 2 is 2.08 bits per heavy atom. The van der Waals surface area contributed by atoms with E-state index in [0.29, 0.717) is 25.1 Å². The summed E-state index contributed by atoms with van der Waals surface area (Å²) in [5.41, 5.74) is 0.0628. The lowest BCUT2D eigenvalue weighted by molar-refractivity contribution is -0.142. The average molecular weight is 383 g/mol. The number of amides is 1. The van der Waals surface area contributed by atoms with Crippen LogP contribution in [0.4, 0.5) is 13.2 Å². The van der Waals surface area contributed by atoms with Crippen LogP contribution >= 0.6 is 11.3 Å². The number of hydrogen-bond acceptors (Lipinski definition) is 3. The molecule has 2 aromatic rings. The first-order valence-corrected chi connectivity index (χ1v) is 9.81. The van der Waals surface area contributed by atoms with Gasteiger partial charge >= 0.3 is 6.18 Å². The maximum absolute atomic E-state index is 13.3. The van der Waals surface area contributed by atoms with E-state index in [-0.39, 0.29) is 24.1 Å². The fraction of sp³-hybridized carbons (Fsp3) is 0.556. The highest BCUT2D eigenvalue weighted by molar-refractivity contribution is 7.10. The normalized spacial score (nSPS) is 20.4. The van der Waals surface area contributed by atoms with Crippen molar-refractivity contribution < 1.29 is 18.0 Å². The van der Waals surface area contributed by atoms with E-state index in [1.807, 2.05) is 17.5 Å². The molecule has 0 spiro atoms. The second-order valence-corrected chi connectivity index (χ2v) is 7.88. The SMILES string of the molecule is O=C(Cn1nc(C(F)(F)F)c2c1CCCC2)N1CCC[C@@H]1c1cccs1. The number of rotatable bonds is 3. The maximum Gasteiger partial charge on any atom is 0.435 e. The van der Waals surface area contributed by atoms with Crippen molar-refractivity contribution in [1.29, 1.82) is 0 Å². The van der Waals surface area contributed by atoms with Crippen molar-refractivity contribution in [3.63, 3.8) is 0 Å². The Morgan fingerprint density at radius 3 is 2.81 bits per heavy atom. The highest BCUT2D eigenvalue weighted by atomic mass is 32.1. The van der Waals surface area contributed by atoms with E-state index in [1.54, 1.807) is 16.2 Å². The Kier molecular flexibility index (Phi) is 4.54. The van der Waals surface area contributed by atoms with Crippen LogP contribution in [0.3, 0.4) is 0 Å². The molecule has 4 rings (SSSR count). The molecule has 0 unspecified atom stereocenters. The molecular weight excluding hydrogens is 363 g/mol. The van der Waals surface area contributed by atoms with Gasteiger partial charge in [-0.15, -0.1) is 11.3 Å². The van der Waals surface area contributed by atoms with Gasteiger partial charge in [-0.25, -0.2) is 0 Å². The number of halogens is 3. The molecule has 1 aliphatic carbocycles. The number of thiophene rings is 1. The van der Waals surface area contributed by atoms with Gasteiger partial charge in [0.2, 0.25) is 5.91 Å². The van der Waals surface area contributed by atoms with Gasteiger partial charge in [-0.05, 0) is 50.0 Å². The molecule has 1 saturated heterocycles. The highest BCUT2D eigenvalue weighted by Gasteiger charge is 2.40. The summed E-state index contributed by atoms with van der Waals surface area (Å²) in [7, 11) is 0. The van der Waals surface area contributed by atoms with Gasteiger partial charge in [0.25, 0.3) is 0 Å². The molecule has 1 aliphatic heterocycles. The summed E-state index contributed by atoms with van der Waals surface area (Å²) < 4.78 is 41.2. The van der Waals surface area contributed by atoms with Gasteiger partial charge in [-0.2, -0.15) is 18.3 Å². The molecule has 8 heteroatoms. The van der Waals surface area contributed by atoms with Crippen LogP contribution in [0.1, 0.15) is 53.6 Å². The number of hydrogen-bond donors (Lipinski definition) is 0. The quantitative estimate of drug-likeness (QED) is 0.797. The molecule has 2 aromatic heterocycles. The number of likely N-dealkylation sites (tertiary alicyclic amines) is 1. The number of nitrogens with zero attached hydrogens (tertiary/aromatic N) is 3. The standard InChI is InChI=1S/C18H20F3N3OS/c19-18(20,21)17-12-5-1-2-6-13(12)24(22-17)11-16(25)23-9-3-7-14(23)15-8-4-10-26-15/h4,8,10,14H,1-3,5-7,9,11H2/t14-/m1/s1. The Hall–Kier alpha value is -1.83. The van der Waals surface area contributed by atoms with Gasteiger partial charge in [-0.1, -0.05) is 6.07 Å². The zero-order chi connectivity index (χ0) is 18.3. The molecule has 0 radical (unpaired) electrons. The molecule has 0 N–H and O–H groups in total. The molecule has 3 heterocycles. The van der Waals surface area contributed by atoms with Crippen molar-refractivity contribution in [2.75, 3.05) is 6.54 Å². The Labute approximate surface area is 153 Å². The second kappa shape index (κ2) is 6.72.